The number of imidazole rings is 1. The van der Waals surface area contributed by atoms with Gasteiger partial charge in [-0.2, -0.15) is 16.1 Å². The Morgan fingerprint density at radius 2 is 1.94 bits per heavy atom. The molecule has 0 aromatic carbocycles. The van der Waals surface area contributed by atoms with Crippen LogP contribution in [0.15, 0.2) is 11.4 Å². The Balaban J connectivity index is 2.37. The van der Waals surface area contributed by atoms with E-state index in [1.54, 1.807) is 18.8 Å². The number of sulfonamides is 1. The fourth-order valence-corrected chi connectivity index (χ4v) is 5.53. The van der Waals surface area contributed by atoms with Crippen LogP contribution in [0.4, 0.5) is 5.82 Å². The summed E-state index contributed by atoms with van der Waals surface area (Å²) in [5.74, 6) is 0.0658. The van der Waals surface area contributed by atoms with Gasteiger partial charge in [-0.1, -0.05) is 13.8 Å². The molecule has 2 unspecified atom stereocenters. The largest absolute Gasteiger partial charge is 0.381 e. The minimum Gasteiger partial charge on any atom is -0.381 e. The van der Waals surface area contributed by atoms with Crippen LogP contribution in [0.5, 0.6) is 0 Å². The van der Waals surface area contributed by atoms with Gasteiger partial charge in [0.15, 0.2) is 10.8 Å². The lowest BCUT2D eigenvalue weighted by molar-refractivity contribution is 0.401. The highest BCUT2D eigenvalue weighted by molar-refractivity contribution is 8.00. The van der Waals surface area contributed by atoms with Gasteiger partial charge in [0.05, 0.1) is 6.33 Å². The Hall–Kier alpha value is -0.730. The fourth-order valence-electron chi connectivity index (χ4n) is 2.20. The molecule has 2 rings (SSSR count). The van der Waals surface area contributed by atoms with E-state index in [4.69, 9.17) is 5.73 Å². The summed E-state index contributed by atoms with van der Waals surface area (Å²) >= 11 is 1.81. The number of hydrogen-bond donors (Lipinski definition) is 1. The molecule has 2 atom stereocenters. The first-order valence-electron chi connectivity index (χ1n) is 5.74. The zero-order chi connectivity index (χ0) is 13.5. The number of rotatable bonds is 2. The van der Waals surface area contributed by atoms with Gasteiger partial charge in [-0.15, -0.1) is 0 Å². The van der Waals surface area contributed by atoms with Crippen LogP contribution in [0, 0.1) is 0 Å². The molecule has 0 aliphatic carbocycles. The van der Waals surface area contributed by atoms with E-state index < -0.39 is 10.0 Å². The average Bonchev–Trinajstić information content (AvgIpc) is 2.57. The third-order valence-corrected chi connectivity index (χ3v) is 6.07. The predicted molar refractivity (Wildman–Crippen MR) is 72.9 cm³/mol. The van der Waals surface area contributed by atoms with Gasteiger partial charge in [0.1, 0.15) is 0 Å². The van der Waals surface area contributed by atoms with E-state index in [0.717, 1.165) is 0 Å². The number of nitrogens with two attached hydrogens (primary N) is 1. The molecule has 6 nitrogen and oxygen atoms in total. The maximum absolute atomic E-state index is 12.6. The summed E-state index contributed by atoms with van der Waals surface area (Å²) in [6, 6.07) is 0. The lowest BCUT2D eigenvalue weighted by Gasteiger charge is -2.33. The minimum atomic E-state index is -3.55. The molecule has 1 fully saturated rings. The smallest absolute Gasteiger partial charge is 0.262 e. The van der Waals surface area contributed by atoms with Crippen LogP contribution in [-0.2, 0) is 17.1 Å². The number of anilines is 1. The molecule has 0 bridgehead atoms. The lowest BCUT2D eigenvalue weighted by atomic mass is 10.4. The van der Waals surface area contributed by atoms with Crippen molar-refractivity contribution < 1.29 is 8.42 Å². The molecule has 0 saturated carbocycles. The van der Waals surface area contributed by atoms with Crippen molar-refractivity contribution in [1.29, 1.82) is 0 Å². The summed E-state index contributed by atoms with van der Waals surface area (Å²) in [5, 5.41) is 0.671. The number of hydrogen-bond acceptors (Lipinski definition) is 5. The van der Waals surface area contributed by atoms with Gasteiger partial charge < -0.3 is 10.3 Å². The van der Waals surface area contributed by atoms with E-state index in [1.807, 2.05) is 13.8 Å². The molecule has 0 spiro atoms. The molecule has 2 N–H and O–H groups in total. The monoisotopic (exact) mass is 290 g/mol. The third kappa shape index (κ3) is 2.36. The Bertz CT molecular complexity index is 511. The van der Waals surface area contributed by atoms with Crippen molar-refractivity contribution in [3.05, 3.63) is 6.33 Å². The molecule has 8 heteroatoms. The molecule has 1 aliphatic heterocycles. The van der Waals surface area contributed by atoms with Gasteiger partial charge in [0.2, 0.25) is 0 Å². The lowest BCUT2D eigenvalue weighted by Crippen LogP contribution is -2.44. The Morgan fingerprint density at radius 3 is 2.39 bits per heavy atom. The van der Waals surface area contributed by atoms with Crippen LogP contribution >= 0.6 is 11.8 Å². The second-order valence-electron chi connectivity index (χ2n) is 4.63. The maximum atomic E-state index is 12.6. The second-order valence-corrected chi connectivity index (χ2v) is 8.36. The Morgan fingerprint density at radius 1 is 1.39 bits per heavy atom. The first-order chi connectivity index (χ1) is 8.32. The van der Waals surface area contributed by atoms with Gasteiger partial charge in [-0.25, -0.2) is 13.4 Å². The molecule has 0 amide bonds. The number of nitrogen functional groups attached to an aromatic ring is 1. The molecule has 2 heterocycles. The molecule has 0 radical (unpaired) electrons. The summed E-state index contributed by atoms with van der Waals surface area (Å²) in [6.07, 6.45) is 1.42. The van der Waals surface area contributed by atoms with E-state index in [-0.39, 0.29) is 21.3 Å². The van der Waals surface area contributed by atoms with Gasteiger partial charge in [0.25, 0.3) is 10.0 Å². The van der Waals surface area contributed by atoms with E-state index in [1.165, 1.54) is 15.2 Å². The van der Waals surface area contributed by atoms with Gasteiger partial charge in [-0.05, 0) is 0 Å². The number of aromatic nitrogens is 2. The molecular weight excluding hydrogens is 272 g/mol. The summed E-state index contributed by atoms with van der Waals surface area (Å²) in [4.78, 5) is 3.85. The normalized spacial score (nSPS) is 26.4. The van der Waals surface area contributed by atoms with Crippen molar-refractivity contribution in [1.82, 2.24) is 13.9 Å². The highest BCUT2D eigenvalue weighted by Gasteiger charge is 2.35. The molecule has 1 aliphatic rings. The van der Waals surface area contributed by atoms with Crippen molar-refractivity contribution in [2.75, 3.05) is 18.8 Å². The molecule has 102 valence electrons. The minimum absolute atomic E-state index is 0.0658. The highest BCUT2D eigenvalue weighted by Crippen LogP contribution is 2.30. The van der Waals surface area contributed by atoms with Crippen molar-refractivity contribution in [2.45, 2.75) is 29.4 Å². The van der Waals surface area contributed by atoms with Crippen LogP contribution in [0.3, 0.4) is 0 Å². The summed E-state index contributed by atoms with van der Waals surface area (Å²) in [7, 11) is -1.91. The van der Waals surface area contributed by atoms with Gasteiger partial charge in [0, 0.05) is 30.6 Å². The first-order valence-corrected chi connectivity index (χ1v) is 8.13. The van der Waals surface area contributed by atoms with Crippen molar-refractivity contribution in [3.63, 3.8) is 0 Å². The predicted octanol–water partition coefficient (Wildman–Crippen LogP) is 0.517. The topological polar surface area (TPSA) is 81.2 Å². The average molecular weight is 290 g/mol. The van der Waals surface area contributed by atoms with Crippen LogP contribution in [0.1, 0.15) is 13.8 Å². The van der Waals surface area contributed by atoms with Crippen LogP contribution in [-0.4, -0.2) is 45.9 Å². The number of thioether (sulfide) groups is 1. The van der Waals surface area contributed by atoms with Crippen LogP contribution in [0.25, 0.3) is 0 Å². The quantitative estimate of drug-likeness (QED) is 0.858. The van der Waals surface area contributed by atoms with Crippen LogP contribution in [0.2, 0.25) is 0 Å². The zero-order valence-corrected chi connectivity index (χ0v) is 12.3. The molecular formula is C10H18N4O2S2. The standard InChI is InChI=1S/C10H18N4O2S2/c1-7-4-14(5-8(2)17-7)18(15,16)10-9(11)12-6-13(10)3/h6-8H,4-5,11H2,1-3H3. The third-order valence-electron chi connectivity index (χ3n) is 2.88. The second kappa shape index (κ2) is 4.75. The number of nitrogens with zero attached hydrogens (tertiary/aromatic N) is 3. The van der Waals surface area contributed by atoms with E-state index >= 15 is 0 Å². The number of aryl methyl sites for hydroxylation is 1. The van der Waals surface area contributed by atoms with E-state index in [0.29, 0.717) is 13.1 Å². The van der Waals surface area contributed by atoms with Gasteiger partial charge in [-0.3, -0.25) is 0 Å². The summed E-state index contributed by atoms with van der Waals surface area (Å²) in [5.41, 5.74) is 5.66. The molecule has 1 saturated heterocycles. The van der Waals surface area contributed by atoms with Crippen molar-refractivity contribution in [2.24, 2.45) is 7.05 Å². The SMILES string of the molecule is CC1CN(S(=O)(=O)c2c(N)ncn2C)CC(C)S1. The zero-order valence-electron chi connectivity index (χ0n) is 10.7. The summed E-state index contributed by atoms with van der Waals surface area (Å²) < 4.78 is 28.1. The fraction of sp³-hybridized carbons (Fsp3) is 0.700. The van der Waals surface area contributed by atoms with Crippen molar-refractivity contribution in [3.8, 4) is 0 Å². The van der Waals surface area contributed by atoms with Crippen LogP contribution < -0.4 is 5.73 Å². The Kier molecular flexibility index (Phi) is 3.61. The molecule has 1 aromatic heterocycles. The van der Waals surface area contributed by atoms with E-state index in [9.17, 15) is 8.42 Å². The van der Waals surface area contributed by atoms with Crippen molar-refractivity contribution >= 4 is 27.6 Å². The van der Waals surface area contributed by atoms with Gasteiger partial charge >= 0.3 is 0 Å². The molecule has 18 heavy (non-hydrogen) atoms. The first kappa shape index (κ1) is 13.7. The Labute approximate surface area is 112 Å². The van der Waals surface area contributed by atoms with E-state index in [2.05, 4.69) is 4.98 Å². The summed E-state index contributed by atoms with van der Waals surface area (Å²) in [6.45, 7) is 5.11. The highest BCUT2D eigenvalue weighted by atomic mass is 32.2. The molecule has 1 aromatic rings. The maximum Gasteiger partial charge on any atom is 0.262 e.